The summed E-state index contributed by atoms with van der Waals surface area (Å²) in [5.74, 6) is 0.353. The van der Waals surface area contributed by atoms with Gasteiger partial charge >= 0.3 is 0 Å². The average Bonchev–Trinajstić information content (AvgIpc) is 3.29. The molecular formula is C19H27N5O2. The van der Waals surface area contributed by atoms with Crippen molar-refractivity contribution in [3.63, 3.8) is 0 Å². The Morgan fingerprint density at radius 3 is 2.96 bits per heavy atom. The van der Waals surface area contributed by atoms with Gasteiger partial charge in [0.1, 0.15) is 0 Å². The molecule has 2 saturated carbocycles. The molecule has 0 aliphatic heterocycles. The molecule has 0 radical (unpaired) electrons. The zero-order valence-corrected chi connectivity index (χ0v) is 15.2. The van der Waals surface area contributed by atoms with Gasteiger partial charge in [0.05, 0.1) is 16.9 Å². The fourth-order valence-corrected chi connectivity index (χ4v) is 4.24. The third kappa shape index (κ3) is 3.53. The smallest absolute Gasteiger partial charge is 0.253 e. The van der Waals surface area contributed by atoms with Crippen LogP contribution in [0.1, 0.15) is 60.3 Å². The molecule has 2 atom stereocenters. The Kier molecular flexibility index (Phi) is 4.56. The second-order valence-electron chi connectivity index (χ2n) is 7.97. The van der Waals surface area contributed by atoms with Crippen molar-refractivity contribution in [2.75, 3.05) is 0 Å². The van der Waals surface area contributed by atoms with Crippen molar-refractivity contribution in [1.82, 2.24) is 25.3 Å². The number of rotatable bonds is 6. The van der Waals surface area contributed by atoms with Gasteiger partial charge in [-0.2, -0.15) is 0 Å². The SMILES string of the molecule is Cc1[nH]ccc1C(=O)N[C@@H]1CCC[C@@H]1Cn1cc(CC2(O)CCC2)nn1. The zero-order valence-electron chi connectivity index (χ0n) is 15.2. The lowest BCUT2D eigenvalue weighted by molar-refractivity contribution is -0.0330. The van der Waals surface area contributed by atoms with E-state index in [1.165, 1.54) is 0 Å². The Bertz CT molecular complexity index is 776. The van der Waals surface area contributed by atoms with Crippen LogP contribution in [0.25, 0.3) is 0 Å². The van der Waals surface area contributed by atoms with Gasteiger partial charge in [-0.1, -0.05) is 11.6 Å². The lowest BCUT2D eigenvalue weighted by atomic mass is 9.77. The molecule has 2 aliphatic carbocycles. The van der Waals surface area contributed by atoms with Gasteiger partial charge in [-0.3, -0.25) is 9.48 Å². The van der Waals surface area contributed by atoms with Crippen molar-refractivity contribution in [2.24, 2.45) is 5.92 Å². The molecule has 0 spiro atoms. The van der Waals surface area contributed by atoms with E-state index in [0.717, 1.165) is 56.5 Å². The monoisotopic (exact) mass is 357 g/mol. The Balaban J connectivity index is 1.36. The van der Waals surface area contributed by atoms with Crippen molar-refractivity contribution >= 4 is 5.91 Å². The third-order valence-corrected chi connectivity index (χ3v) is 5.98. The van der Waals surface area contributed by atoms with Gasteiger partial charge in [0, 0.05) is 37.1 Å². The number of aromatic amines is 1. The van der Waals surface area contributed by atoms with E-state index in [-0.39, 0.29) is 11.9 Å². The molecule has 3 N–H and O–H groups in total. The van der Waals surface area contributed by atoms with Gasteiger partial charge in [-0.05, 0) is 51.0 Å². The largest absolute Gasteiger partial charge is 0.389 e. The molecule has 2 fully saturated rings. The lowest BCUT2D eigenvalue weighted by Gasteiger charge is -2.35. The number of nitrogens with zero attached hydrogens (tertiary/aromatic N) is 3. The fourth-order valence-electron chi connectivity index (χ4n) is 4.24. The predicted molar refractivity (Wildman–Crippen MR) is 96.7 cm³/mol. The van der Waals surface area contributed by atoms with E-state index in [1.807, 2.05) is 23.9 Å². The molecule has 2 heterocycles. The summed E-state index contributed by atoms with van der Waals surface area (Å²) >= 11 is 0. The first-order chi connectivity index (χ1) is 12.5. The molecule has 0 aromatic carbocycles. The van der Waals surface area contributed by atoms with Crippen molar-refractivity contribution in [2.45, 2.75) is 70.1 Å². The van der Waals surface area contributed by atoms with Crippen molar-refractivity contribution in [3.05, 3.63) is 35.4 Å². The lowest BCUT2D eigenvalue weighted by Crippen LogP contribution is -2.39. The third-order valence-electron chi connectivity index (χ3n) is 5.98. The maximum atomic E-state index is 12.5. The number of hydrogen-bond acceptors (Lipinski definition) is 4. The molecule has 26 heavy (non-hydrogen) atoms. The number of hydrogen-bond donors (Lipinski definition) is 3. The normalized spacial score (nSPS) is 24.4. The molecule has 7 heteroatoms. The summed E-state index contributed by atoms with van der Waals surface area (Å²) in [4.78, 5) is 15.5. The molecule has 4 rings (SSSR count). The standard InChI is InChI=1S/C19H27N5O2/c1-13-16(6-9-20-13)18(25)21-17-5-2-4-14(17)11-24-12-15(22-23-24)10-19(26)7-3-8-19/h6,9,12,14,17,20,26H,2-5,7-8,10-11H2,1H3,(H,21,25)/t14-,17-/m1/s1. The molecule has 140 valence electrons. The molecular weight excluding hydrogens is 330 g/mol. The number of nitrogens with one attached hydrogen (secondary N) is 2. The molecule has 1 amide bonds. The molecule has 2 aliphatic rings. The fraction of sp³-hybridized carbons (Fsp3) is 0.632. The van der Waals surface area contributed by atoms with E-state index in [1.54, 1.807) is 6.20 Å². The highest BCUT2D eigenvalue weighted by Gasteiger charge is 2.35. The minimum Gasteiger partial charge on any atom is -0.389 e. The van der Waals surface area contributed by atoms with E-state index in [4.69, 9.17) is 0 Å². The Morgan fingerprint density at radius 2 is 2.27 bits per heavy atom. The highest BCUT2D eigenvalue weighted by molar-refractivity contribution is 5.95. The van der Waals surface area contributed by atoms with Crippen LogP contribution in [0, 0.1) is 12.8 Å². The summed E-state index contributed by atoms with van der Waals surface area (Å²) in [6, 6.07) is 1.99. The minimum absolute atomic E-state index is 0.00728. The van der Waals surface area contributed by atoms with Crippen molar-refractivity contribution < 1.29 is 9.90 Å². The van der Waals surface area contributed by atoms with E-state index >= 15 is 0 Å². The van der Waals surface area contributed by atoms with Crippen LogP contribution in [-0.2, 0) is 13.0 Å². The quantitative estimate of drug-likeness (QED) is 0.736. The summed E-state index contributed by atoms with van der Waals surface area (Å²) in [5, 5.41) is 21.9. The van der Waals surface area contributed by atoms with Crippen LogP contribution in [0.4, 0.5) is 0 Å². The Morgan fingerprint density at radius 1 is 1.42 bits per heavy atom. The predicted octanol–water partition coefficient (Wildman–Crippen LogP) is 1.97. The number of aromatic nitrogens is 4. The van der Waals surface area contributed by atoms with Crippen LogP contribution >= 0.6 is 0 Å². The number of amides is 1. The van der Waals surface area contributed by atoms with Crippen LogP contribution in [0.5, 0.6) is 0 Å². The molecule has 2 aromatic rings. The zero-order chi connectivity index (χ0) is 18.1. The van der Waals surface area contributed by atoms with Crippen LogP contribution < -0.4 is 5.32 Å². The molecule has 0 unspecified atom stereocenters. The summed E-state index contributed by atoms with van der Waals surface area (Å²) in [6.45, 7) is 2.66. The second kappa shape index (κ2) is 6.87. The van der Waals surface area contributed by atoms with Crippen LogP contribution in [-0.4, -0.2) is 42.6 Å². The Hall–Kier alpha value is -2.15. The van der Waals surface area contributed by atoms with Gasteiger partial charge in [0.2, 0.25) is 0 Å². The molecule has 2 aromatic heterocycles. The van der Waals surface area contributed by atoms with Gasteiger partial charge in [0.25, 0.3) is 5.91 Å². The van der Waals surface area contributed by atoms with Gasteiger partial charge < -0.3 is 15.4 Å². The topological polar surface area (TPSA) is 95.8 Å². The Labute approximate surface area is 153 Å². The van der Waals surface area contributed by atoms with Crippen molar-refractivity contribution in [3.8, 4) is 0 Å². The van der Waals surface area contributed by atoms with E-state index in [2.05, 4.69) is 20.6 Å². The number of H-pyrrole nitrogens is 1. The minimum atomic E-state index is -0.570. The summed E-state index contributed by atoms with van der Waals surface area (Å²) in [6.07, 6.45) is 10.3. The van der Waals surface area contributed by atoms with Gasteiger partial charge in [-0.25, -0.2) is 0 Å². The summed E-state index contributed by atoms with van der Waals surface area (Å²) in [7, 11) is 0. The molecule has 0 bridgehead atoms. The van der Waals surface area contributed by atoms with Crippen LogP contribution in [0.2, 0.25) is 0 Å². The second-order valence-corrected chi connectivity index (χ2v) is 7.97. The van der Waals surface area contributed by atoms with E-state index in [9.17, 15) is 9.90 Å². The summed E-state index contributed by atoms with van der Waals surface area (Å²) in [5.41, 5.74) is 1.90. The number of carbonyl (C=O) groups excluding carboxylic acids is 1. The molecule has 0 saturated heterocycles. The van der Waals surface area contributed by atoms with E-state index < -0.39 is 5.60 Å². The first kappa shape index (κ1) is 17.3. The number of carbonyl (C=O) groups is 1. The molecule has 7 nitrogen and oxygen atoms in total. The highest BCUT2D eigenvalue weighted by Crippen LogP contribution is 2.34. The first-order valence-corrected chi connectivity index (χ1v) is 9.59. The summed E-state index contributed by atoms with van der Waals surface area (Å²) < 4.78 is 1.87. The maximum absolute atomic E-state index is 12.5. The van der Waals surface area contributed by atoms with Crippen molar-refractivity contribution in [1.29, 1.82) is 0 Å². The van der Waals surface area contributed by atoms with Gasteiger partial charge in [0.15, 0.2) is 0 Å². The van der Waals surface area contributed by atoms with E-state index in [0.29, 0.717) is 17.9 Å². The first-order valence-electron chi connectivity index (χ1n) is 9.59. The highest BCUT2D eigenvalue weighted by atomic mass is 16.3. The number of aliphatic hydroxyl groups is 1. The number of aryl methyl sites for hydroxylation is 1. The van der Waals surface area contributed by atoms with Crippen LogP contribution in [0.3, 0.4) is 0 Å². The van der Waals surface area contributed by atoms with Gasteiger partial charge in [-0.15, -0.1) is 5.10 Å². The van der Waals surface area contributed by atoms with Crippen LogP contribution in [0.15, 0.2) is 18.5 Å². The average molecular weight is 357 g/mol. The maximum Gasteiger partial charge on any atom is 0.253 e.